The lowest BCUT2D eigenvalue weighted by atomic mass is 10.0. The van der Waals surface area contributed by atoms with Gasteiger partial charge < -0.3 is 10.2 Å². The van der Waals surface area contributed by atoms with Crippen LogP contribution in [-0.4, -0.2) is 31.0 Å². The summed E-state index contributed by atoms with van der Waals surface area (Å²) in [5, 5.41) is 12.0. The highest BCUT2D eigenvalue weighted by Gasteiger charge is 2.27. The molecule has 0 saturated carbocycles. The van der Waals surface area contributed by atoms with Crippen molar-refractivity contribution in [1.29, 1.82) is 5.26 Å². The predicted molar refractivity (Wildman–Crippen MR) is 77.4 cm³/mol. The molecule has 0 radical (unpaired) electrons. The fourth-order valence-electron chi connectivity index (χ4n) is 2.74. The van der Waals surface area contributed by atoms with Gasteiger partial charge in [-0.3, -0.25) is 4.79 Å². The number of carbonyl (C=O) groups excluding carboxylic acids is 1. The Bertz CT molecular complexity index is 562. The number of rotatable bonds is 3. The molecule has 20 heavy (non-hydrogen) atoms. The number of nitrogens with one attached hydrogen (secondary N) is 1. The number of hydrogen-bond donors (Lipinski definition) is 1. The first kappa shape index (κ1) is 14.3. The standard InChI is InChI=1S/C15H20N4O/c1-10-6-11(2)18-15(13(10)8-16)19-5-4-12(9-19)7-14(20)17-3/h6,12H,4-5,7,9H2,1-3H3,(H,17,20)/t12-/m0/s1. The highest BCUT2D eigenvalue weighted by Crippen LogP contribution is 2.28. The number of nitrogens with zero attached hydrogens (tertiary/aromatic N) is 3. The molecule has 2 heterocycles. The number of nitriles is 1. The Balaban J connectivity index is 2.18. The van der Waals surface area contributed by atoms with E-state index < -0.39 is 0 Å². The van der Waals surface area contributed by atoms with Crippen LogP contribution in [0.3, 0.4) is 0 Å². The summed E-state index contributed by atoms with van der Waals surface area (Å²) in [6.45, 7) is 5.52. The Hall–Kier alpha value is -2.09. The van der Waals surface area contributed by atoms with E-state index >= 15 is 0 Å². The summed E-state index contributed by atoms with van der Waals surface area (Å²) in [4.78, 5) is 18.1. The van der Waals surface area contributed by atoms with Crippen LogP contribution in [0, 0.1) is 31.1 Å². The highest BCUT2D eigenvalue weighted by molar-refractivity contribution is 5.76. The summed E-state index contributed by atoms with van der Waals surface area (Å²) >= 11 is 0. The lowest BCUT2D eigenvalue weighted by Gasteiger charge is -2.20. The van der Waals surface area contributed by atoms with E-state index in [9.17, 15) is 10.1 Å². The van der Waals surface area contributed by atoms with Crippen molar-refractivity contribution in [2.45, 2.75) is 26.7 Å². The lowest BCUT2D eigenvalue weighted by Crippen LogP contribution is -2.25. The van der Waals surface area contributed by atoms with E-state index in [-0.39, 0.29) is 5.91 Å². The summed E-state index contributed by atoms with van der Waals surface area (Å²) in [6.07, 6.45) is 1.51. The second-order valence-electron chi connectivity index (χ2n) is 5.37. The summed E-state index contributed by atoms with van der Waals surface area (Å²) in [5.41, 5.74) is 2.53. The number of hydrogen-bond acceptors (Lipinski definition) is 4. The zero-order valence-corrected chi connectivity index (χ0v) is 12.2. The van der Waals surface area contributed by atoms with Crippen LogP contribution in [-0.2, 0) is 4.79 Å². The number of carbonyl (C=O) groups is 1. The van der Waals surface area contributed by atoms with E-state index in [1.54, 1.807) is 7.05 Å². The van der Waals surface area contributed by atoms with E-state index in [2.05, 4.69) is 21.3 Å². The number of anilines is 1. The Morgan fingerprint density at radius 2 is 2.35 bits per heavy atom. The fraction of sp³-hybridized carbons (Fsp3) is 0.533. The first-order valence-electron chi connectivity index (χ1n) is 6.89. The van der Waals surface area contributed by atoms with Crippen molar-refractivity contribution in [2.24, 2.45) is 5.92 Å². The van der Waals surface area contributed by atoms with E-state index in [1.807, 2.05) is 19.9 Å². The Kier molecular flexibility index (Phi) is 4.23. The summed E-state index contributed by atoms with van der Waals surface area (Å²) in [6, 6.07) is 4.18. The van der Waals surface area contributed by atoms with Gasteiger partial charge in [0.25, 0.3) is 0 Å². The normalized spacial score (nSPS) is 17.9. The first-order valence-corrected chi connectivity index (χ1v) is 6.89. The summed E-state index contributed by atoms with van der Waals surface area (Å²) in [5.74, 6) is 1.18. The minimum Gasteiger partial charge on any atom is -0.359 e. The smallest absolute Gasteiger partial charge is 0.220 e. The number of aryl methyl sites for hydroxylation is 2. The van der Waals surface area contributed by atoms with Gasteiger partial charge in [-0.25, -0.2) is 4.98 Å². The van der Waals surface area contributed by atoms with Crippen LogP contribution < -0.4 is 10.2 Å². The van der Waals surface area contributed by atoms with Crippen molar-refractivity contribution in [3.05, 3.63) is 22.9 Å². The maximum absolute atomic E-state index is 11.4. The molecular formula is C15H20N4O. The molecule has 1 saturated heterocycles. The average molecular weight is 272 g/mol. The SMILES string of the molecule is CNC(=O)C[C@@H]1CCN(c2nc(C)cc(C)c2C#N)C1. The van der Waals surface area contributed by atoms with Gasteiger partial charge >= 0.3 is 0 Å². The van der Waals surface area contributed by atoms with Crippen LogP contribution in [0.25, 0.3) is 0 Å². The van der Waals surface area contributed by atoms with Crippen LogP contribution in [0.15, 0.2) is 6.07 Å². The number of amides is 1. The van der Waals surface area contributed by atoms with Crippen LogP contribution >= 0.6 is 0 Å². The van der Waals surface area contributed by atoms with Gasteiger partial charge in [0.1, 0.15) is 11.9 Å². The van der Waals surface area contributed by atoms with Crippen molar-refractivity contribution in [3.8, 4) is 6.07 Å². The quantitative estimate of drug-likeness (QED) is 0.906. The molecule has 1 aliphatic rings. The highest BCUT2D eigenvalue weighted by atomic mass is 16.1. The maximum atomic E-state index is 11.4. The van der Waals surface area contributed by atoms with Crippen molar-refractivity contribution < 1.29 is 4.79 Å². The minimum absolute atomic E-state index is 0.0748. The molecular weight excluding hydrogens is 252 g/mol. The Morgan fingerprint density at radius 1 is 1.60 bits per heavy atom. The van der Waals surface area contributed by atoms with Crippen LogP contribution in [0.1, 0.15) is 29.7 Å². The monoisotopic (exact) mass is 272 g/mol. The van der Waals surface area contributed by atoms with Gasteiger partial charge in [-0.05, 0) is 37.8 Å². The maximum Gasteiger partial charge on any atom is 0.220 e. The zero-order valence-electron chi connectivity index (χ0n) is 12.2. The Morgan fingerprint density at radius 3 is 3.00 bits per heavy atom. The molecule has 1 N–H and O–H groups in total. The van der Waals surface area contributed by atoms with Gasteiger partial charge in [-0.1, -0.05) is 0 Å². The largest absolute Gasteiger partial charge is 0.359 e. The van der Waals surface area contributed by atoms with E-state index in [1.165, 1.54) is 0 Å². The van der Waals surface area contributed by atoms with Gasteiger partial charge in [-0.2, -0.15) is 5.26 Å². The van der Waals surface area contributed by atoms with Gasteiger partial charge in [0.05, 0.1) is 5.56 Å². The molecule has 1 aromatic rings. The molecule has 1 aliphatic heterocycles. The zero-order chi connectivity index (χ0) is 14.7. The van der Waals surface area contributed by atoms with Gasteiger partial charge in [-0.15, -0.1) is 0 Å². The lowest BCUT2D eigenvalue weighted by molar-refractivity contribution is -0.121. The van der Waals surface area contributed by atoms with Crippen LogP contribution in [0.4, 0.5) is 5.82 Å². The average Bonchev–Trinajstić information content (AvgIpc) is 2.86. The third-order valence-corrected chi connectivity index (χ3v) is 3.78. The molecule has 1 aromatic heterocycles. The van der Waals surface area contributed by atoms with Gasteiger partial charge in [0, 0.05) is 32.3 Å². The number of aromatic nitrogens is 1. The van der Waals surface area contributed by atoms with Crippen LogP contribution in [0.2, 0.25) is 0 Å². The second-order valence-corrected chi connectivity index (χ2v) is 5.37. The molecule has 5 heteroatoms. The third-order valence-electron chi connectivity index (χ3n) is 3.78. The van der Waals surface area contributed by atoms with Crippen LogP contribution in [0.5, 0.6) is 0 Å². The Labute approximate surface area is 119 Å². The van der Waals surface area contributed by atoms with Gasteiger partial charge in [0.2, 0.25) is 5.91 Å². The van der Waals surface area contributed by atoms with Crippen molar-refractivity contribution in [3.63, 3.8) is 0 Å². The van der Waals surface area contributed by atoms with E-state index in [0.29, 0.717) is 17.9 Å². The number of pyridine rings is 1. The fourth-order valence-corrected chi connectivity index (χ4v) is 2.74. The molecule has 2 rings (SSSR count). The molecule has 1 amide bonds. The molecule has 0 aliphatic carbocycles. The van der Waals surface area contributed by atoms with E-state index in [4.69, 9.17) is 0 Å². The molecule has 0 aromatic carbocycles. The molecule has 0 bridgehead atoms. The van der Waals surface area contributed by atoms with E-state index in [0.717, 1.165) is 36.6 Å². The van der Waals surface area contributed by atoms with Crippen molar-refractivity contribution in [2.75, 3.05) is 25.0 Å². The third kappa shape index (κ3) is 2.90. The topological polar surface area (TPSA) is 69.0 Å². The molecule has 0 unspecified atom stereocenters. The second kappa shape index (κ2) is 5.91. The first-order chi connectivity index (χ1) is 9.55. The summed E-state index contributed by atoms with van der Waals surface area (Å²) in [7, 11) is 1.66. The molecule has 1 atom stereocenters. The molecule has 106 valence electrons. The molecule has 5 nitrogen and oxygen atoms in total. The minimum atomic E-state index is 0.0748. The molecule has 0 spiro atoms. The molecule has 1 fully saturated rings. The van der Waals surface area contributed by atoms with Crippen molar-refractivity contribution >= 4 is 11.7 Å². The summed E-state index contributed by atoms with van der Waals surface area (Å²) < 4.78 is 0. The van der Waals surface area contributed by atoms with Gasteiger partial charge in [0.15, 0.2) is 0 Å². The predicted octanol–water partition coefficient (Wildman–Crippen LogP) is 1.53. The van der Waals surface area contributed by atoms with Crippen molar-refractivity contribution in [1.82, 2.24) is 10.3 Å².